The van der Waals surface area contributed by atoms with Crippen LogP contribution in [0, 0.1) is 6.92 Å². The summed E-state index contributed by atoms with van der Waals surface area (Å²) in [5.41, 5.74) is 1.30. The Hall–Kier alpha value is -0.210. The number of thiocarbonyl (C=S) groups is 1. The third-order valence-corrected chi connectivity index (χ3v) is 2.27. The Labute approximate surface area is 58.2 Å². The molecule has 0 amide bonds. The molecule has 0 aliphatic rings. The molecule has 8 heavy (non-hydrogen) atoms. The molecule has 0 fully saturated rings. The SMILES string of the molecule is Cc1csc(C=S)c1. The van der Waals surface area contributed by atoms with Crippen molar-refractivity contribution in [3.05, 3.63) is 21.9 Å². The van der Waals surface area contributed by atoms with E-state index in [1.165, 1.54) is 10.4 Å². The molecular formula is C6H6S2. The van der Waals surface area contributed by atoms with Gasteiger partial charge in [-0.1, -0.05) is 12.2 Å². The number of rotatable bonds is 1. The van der Waals surface area contributed by atoms with Crippen LogP contribution in [-0.4, -0.2) is 5.37 Å². The lowest BCUT2D eigenvalue weighted by atomic mass is 10.4. The first-order valence-electron chi connectivity index (χ1n) is 2.33. The second-order valence-corrected chi connectivity index (χ2v) is 2.82. The fraction of sp³-hybridized carbons (Fsp3) is 0.167. The molecule has 0 aliphatic heterocycles. The van der Waals surface area contributed by atoms with E-state index in [0.29, 0.717) is 0 Å². The molecule has 0 aliphatic carbocycles. The predicted octanol–water partition coefficient (Wildman–Crippen LogP) is 2.40. The Bertz CT molecular complexity index is 188. The van der Waals surface area contributed by atoms with Gasteiger partial charge < -0.3 is 0 Å². The minimum Gasteiger partial charge on any atom is -0.143 e. The van der Waals surface area contributed by atoms with Gasteiger partial charge in [-0.3, -0.25) is 0 Å². The molecule has 0 saturated carbocycles. The maximum Gasteiger partial charge on any atom is 0.0380 e. The molecule has 0 saturated heterocycles. The van der Waals surface area contributed by atoms with Gasteiger partial charge >= 0.3 is 0 Å². The van der Waals surface area contributed by atoms with E-state index < -0.39 is 0 Å². The monoisotopic (exact) mass is 142 g/mol. The quantitative estimate of drug-likeness (QED) is 0.543. The first kappa shape index (κ1) is 5.92. The van der Waals surface area contributed by atoms with Crippen molar-refractivity contribution < 1.29 is 0 Å². The van der Waals surface area contributed by atoms with Gasteiger partial charge in [0.25, 0.3) is 0 Å². The second kappa shape index (κ2) is 2.37. The first-order chi connectivity index (χ1) is 3.83. The van der Waals surface area contributed by atoms with E-state index in [4.69, 9.17) is 12.2 Å². The van der Waals surface area contributed by atoms with Gasteiger partial charge in [0.15, 0.2) is 0 Å². The maximum atomic E-state index is 4.72. The van der Waals surface area contributed by atoms with E-state index >= 15 is 0 Å². The van der Waals surface area contributed by atoms with E-state index in [0.717, 1.165) is 0 Å². The van der Waals surface area contributed by atoms with E-state index in [1.807, 2.05) is 0 Å². The summed E-state index contributed by atoms with van der Waals surface area (Å²) in [6.45, 7) is 2.07. The first-order valence-corrected chi connectivity index (χ1v) is 3.68. The fourth-order valence-corrected chi connectivity index (χ4v) is 1.45. The maximum absolute atomic E-state index is 4.72. The Morgan fingerprint density at radius 1 is 1.75 bits per heavy atom. The molecule has 0 atom stereocenters. The molecule has 0 N–H and O–H groups in total. The minimum atomic E-state index is 1.18. The van der Waals surface area contributed by atoms with Crippen LogP contribution in [0.25, 0.3) is 0 Å². The van der Waals surface area contributed by atoms with Crippen LogP contribution >= 0.6 is 23.6 Å². The lowest BCUT2D eigenvalue weighted by Crippen LogP contribution is -1.62. The largest absolute Gasteiger partial charge is 0.143 e. The zero-order valence-corrected chi connectivity index (χ0v) is 6.18. The molecule has 0 radical (unpaired) electrons. The van der Waals surface area contributed by atoms with Crippen LogP contribution in [0.3, 0.4) is 0 Å². The highest BCUT2D eigenvalue weighted by Gasteiger charge is 1.87. The normalized spacial score (nSPS) is 9.12. The number of thiophene rings is 1. The molecule has 0 aromatic carbocycles. The number of hydrogen-bond acceptors (Lipinski definition) is 2. The summed E-state index contributed by atoms with van der Waals surface area (Å²) in [5, 5.41) is 3.80. The van der Waals surface area contributed by atoms with Gasteiger partial charge in [-0.25, -0.2) is 0 Å². The average molecular weight is 142 g/mol. The summed E-state index contributed by atoms with van der Waals surface area (Å²) in [6, 6.07) is 2.08. The zero-order chi connectivity index (χ0) is 5.98. The molecule has 0 unspecified atom stereocenters. The van der Waals surface area contributed by atoms with Crippen molar-refractivity contribution in [2.24, 2.45) is 0 Å². The van der Waals surface area contributed by atoms with Crippen molar-refractivity contribution in [2.45, 2.75) is 6.92 Å². The minimum absolute atomic E-state index is 1.18. The summed E-state index contributed by atoms with van der Waals surface area (Å²) in [7, 11) is 0. The van der Waals surface area contributed by atoms with Crippen molar-refractivity contribution in [3.8, 4) is 0 Å². The fourth-order valence-electron chi connectivity index (χ4n) is 0.515. The third kappa shape index (κ3) is 1.14. The Kier molecular flexibility index (Phi) is 1.76. The molecular weight excluding hydrogens is 136 g/mol. The second-order valence-electron chi connectivity index (χ2n) is 1.64. The van der Waals surface area contributed by atoms with Gasteiger partial charge in [-0.2, -0.15) is 0 Å². The molecule has 1 aromatic rings. The van der Waals surface area contributed by atoms with Crippen molar-refractivity contribution in [1.82, 2.24) is 0 Å². The van der Waals surface area contributed by atoms with Gasteiger partial charge in [0.1, 0.15) is 0 Å². The lowest BCUT2D eigenvalue weighted by Gasteiger charge is -1.72. The lowest BCUT2D eigenvalue weighted by molar-refractivity contribution is 1.56. The highest BCUT2D eigenvalue weighted by Crippen LogP contribution is 2.10. The highest BCUT2D eigenvalue weighted by atomic mass is 32.1. The van der Waals surface area contributed by atoms with Gasteiger partial charge in [0.2, 0.25) is 0 Å². The van der Waals surface area contributed by atoms with E-state index in [9.17, 15) is 0 Å². The Morgan fingerprint density at radius 2 is 2.50 bits per heavy atom. The van der Waals surface area contributed by atoms with Crippen LogP contribution in [0.5, 0.6) is 0 Å². The van der Waals surface area contributed by atoms with Gasteiger partial charge in [-0.15, -0.1) is 11.3 Å². The van der Waals surface area contributed by atoms with Crippen molar-refractivity contribution in [3.63, 3.8) is 0 Å². The molecule has 0 nitrogen and oxygen atoms in total. The standard InChI is InChI=1S/C6H6S2/c1-5-2-6(3-7)8-4-5/h2-4H,1H3. The summed E-state index contributed by atoms with van der Waals surface area (Å²) >= 11 is 6.41. The average Bonchev–Trinajstić information content (AvgIpc) is 2.14. The van der Waals surface area contributed by atoms with E-state index in [-0.39, 0.29) is 0 Å². The van der Waals surface area contributed by atoms with Crippen LogP contribution in [0.4, 0.5) is 0 Å². The zero-order valence-electron chi connectivity index (χ0n) is 4.55. The summed E-state index contributed by atoms with van der Waals surface area (Å²) in [5.74, 6) is 0. The molecule has 42 valence electrons. The van der Waals surface area contributed by atoms with Crippen molar-refractivity contribution in [1.29, 1.82) is 0 Å². The van der Waals surface area contributed by atoms with Crippen LogP contribution < -0.4 is 0 Å². The summed E-state index contributed by atoms with van der Waals surface area (Å²) in [4.78, 5) is 1.18. The van der Waals surface area contributed by atoms with Crippen LogP contribution in [-0.2, 0) is 0 Å². The third-order valence-electron chi connectivity index (χ3n) is 0.867. The Balaban J connectivity index is 3.00. The number of aryl methyl sites for hydroxylation is 1. The van der Waals surface area contributed by atoms with Gasteiger partial charge in [-0.05, 0) is 23.9 Å². The molecule has 0 bridgehead atoms. The van der Waals surface area contributed by atoms with Crippen molar-refractivity contribution in [2.75, 3.05) is 0 Å². The van der Waals surface area contributed by atoms with Gasteiger partial charge in [0.05, 0.1) is 0 Å². The molecule has 2 heteroatoms. The number of hydrogen-bond donors (Lipinski definition) is 0. The van der Waals surface area contributed by atoms with E-state index in [1.54, 1.807) is 16.7 Å². The predicted molar refractivity (Wildman–Crippen MR) is 41.8 cm³/mol. The van der Waals surface area contributed by atoms with Crippen LogP contribution in [0.15, 0.2) is 11.4 Å². The molecule has 1 rings (SSSR count). The molecule has 1 heterocycles. The topological polar surface area (TPSA) is 0 Å². The van der Waals surface area contributed by atoms with E-state index in [2.05, 4.69) is 18.4 Å². The Morgan fingerprint density at radius 3 is 2.75 bits per heavy atom. The van der Waals surface area contributed by atoms with Gasteiger partial charge in [0, 0.05) is 10.2 Å². The van der Waals surface area contributed by atoms with Crippen LogP contribution in [0.1, 0.15) is 10.4 Å². The summed E-state index contributed by atoms with van der Waals surface area (Å²) in [6.07, 6.45) is 0. The van der Waals surface area contributed by atoms with Crippen molar-refractivity contribution >= 4 is 28.9 Å². The highest BCUT2D eigenvalue weighted by molar-refractivity contribution is 7.79. The molecule has 1 aromatic heterocycles. The summed E-state index contributed by atoms with van der Waals surface area (Å²) < 4.78 is 0. The molecule has 0 spiro atoms. The van der Waals surface area contributed by atoms with Crippen LogP contribution in [0.2, 0.25) is 0 Å². The smallest absolute Gasteiger partial charge is 0.0380 e.